The van der Waals surface area contributed by atoms with Gasteiger partial charge in [-0.1, -0.05) is 79.7 Å². The number of hydrogen-bond donors (Lipinski definition) is 2. The summed E-state index contributed by atoms with van der Waals surface area (Å²) in [4.78, 5) is 43.6. The first kappa shape index (κ1) is 32.6. The molecular formula is C33H34ClN7O4S. The fraction of sp³-hybridized carbons (Fsp3) is 0.242. The monoisotopic (exact) mass is 659 g/mol. The SMILES string of the molecule is CCOc1ccc(-n2c(SCC(=O)N(CC(C)C)c3c(N)n(Cc4ccccc4)c(=O)[nH]c3=O)nnc2-c2cccc(Cl)c2)cc1. The van der Waals surface area contributed by atoms with Gasteiger partial charge in [0.1, 0.15) is 11.6 Å². The highest BCUT2D eigenvalue weighted by molar-refractivity contribution is 7.99. The molecule has 0 atom stereocenters. The number of amides is 1. The molecule has 13 heteroatoms. The lowest BCUT2D eigenvalue weighted by molar-refractivity contribution is -0.116. The highest BCUT2D eigenvalue weighted by atomic mass is 35.5. The molecule has 5 rings (SSSR count). The third-order valence-corrected chi connectivity index (χ3v) is 8.11. The van der Waals surface area contributed by atoms with Crippen LogP contribution < -0.4 is 26.6 Å². The molecule has 0 aliphatic carbocycles. The van der Waals surface area contributed by atoms with Crippen molar-refractivity contribution in [3.8, 4) is 22.8 Å². The zero-order valence-corrected chi connectivity index (χ0v) is 27.2. The molecule has 5 aromatic rings. The maximum atomic E-state index is 13.9. The van der Waals surface area contributed by atoms with Crippen molar-refractivity contribution in [3.63, 3.8) is 0 Å². The number of nitrogen functional groups attached to an aromatic ring is 1. The molecule has 0 radical (unpaired) electrons. The number of carbonyl (C=O) groups excluding carboxylic acids is 1. The summed E-state index contributed by atoms with van der Waals surface area (Å²) in [7, 11) is 0. The largest absolute Gasteiger partial charge is 0.494 e. The third kappa shape index (κ3) is 7.35. The number of aromatic amines is 1. The predicted molar refractivity (Wildman–Crippen MR) is 182 cm³/mol. The van der Waals surface area contributed by atoms with E-state index in [0.29, 0.717) is 28.4 Å². The van der Waals surface area contributed by atoms with Gasteiger partial charge in [-0.15, -0.1) is 10.2 Å². The smallest absolute Gasteiger partial charge is 0.330 e. The van der Waals surface area contributed by atoms with E-state index >= 15 is 0 Å². The molecule has 0 spiro atoms. The molecule has 2 aromatic heterocycles. The summed E-state index contributed by atoms with van der Waals surface area (Å²) >= 11 is 7.46. The molecular weight excluding hydrogens is 626 g/mol. The fourth-order valence-corrected chi connectivity index (χ4v) is 5.94. The number of ether oxygens (including phenoxy) is 1. The molecule has 11 nitrogen and oxygen atoms in total. The predicted octanol–water partition coefficient (Wildman–Crippen LogP) is 5.25. The minimum atomic E-state index is -0.730. The van der Waals surface area contributed by atoms with E-state index < -0.39 is 11.2 Å². The summed E-state index contributed by atoms with van der Waals surface area (Å²) in [6, 6.07) is 24.0. The van der Waals surface area contributed by atoms with Crippen LogP contribution in [0.1, 0.15) is 26.3 Å². The standard InChI is InChI=1S/C33H34ClN7O4S/c1-4-45-26-15-13-25(14-16-26)41-30(23-11-8-12-24(34)17-23)37-38-33(41)46-20-27(42)39(18-21(2)3)28-29(35)40(32(44)36-31(28)43)19-22-9-6-5-7-10-22/h5-17,21H,4,18-20,35H2,1-3H3,(H,36,43,44). The molecule has 0 saturated heterocycles. The number of aromatic nitrogens is 5. The van der Waals surface area contributed by atoms with Crippen LogP contribution in [0.15, 0.2) is 93.6 Å². The van der Waals surface area contributed by atoms with Crippen molar-refractivity contribution < 1.29 is 9.53 Å². The molecule has 2 heterocycles. The first-order chi connectivity index (χ1) is 22.2. The van der Waals surface area contributed by atoms with E-state index in [9.17, 15) is 14.4 Å². The van der Waals surface area contributed by atoms with Gasteiger partial charge in [0.15, 0.2) is 16.7 Å². The van der Waals surface area contributed by atoms with Gasteiger partial charge in [0.05, 0.1) is 18.9 Å². The van der Waals surface area contributed by atoms with Gasteiger partial charge in [-0.25, -0.2) is 4.79 Å². The van der Waals surface area contributed by atoms with Crippen LogP contribution >= 0.6 is 23.4 Å². The molecule has 0 bridgehead atoms. The minimum absolute atomic E-state index is 0.0100. The Morgan fingerprint density at radius 2 is 1.78 bits per heavy atom. The topological polar surface area (TPSA) is 141 Å². The highest BCUT2D eigenvalue weighted by Gasteiger charge is 2.26. The Morgan fingerprint density at radius 1 is 1.04 bits per heavy atom. The first-order valence-corrected chi connectivity index (χ1v) is 16.1. The highest BCUT2D eigenvalue weighted by Crippen LogP contribution is 2.31. The molecule has 3 aromatic carbocycles. The Hall–Kier alpha value is -4.81. The van der Waals surface area contributed by atoms with Gasteiger partial charge in [0.2, 0.25) is 5.91 Å². The summed E-state index contributed by atoms with van der Waals surface area (Å²) in [5.74, 6) is 0.685. The molecule has 238 valence electrons. The normalized spacial score (nSPS) is 11.2. The summed E-state index contributed by atoms with van der Waals surface area (Å²) in [5, 5.41) is 9.87. The van der Waals surface area contributed by atoms with Crippen molar-refractivity contribution in [2.75, 3.05) is 29.5 Å². The Bertz CT molecular complexity index is 1940. The number of rotatable bonds is 12. The van der Waals surface area contributed by atoms with Gasteiger partial charge in [-0.2, -0.15) is 0 Å². The molecule has 0 fully saturated rings. The van der Waals surface area contributed by atoms with Crippen LogP contribution in [0.25, 0.3) is 17.1 Å². The number of H-pyrrole nitrogens is 1. The van der Waals surface area contributed by atoms with Crippen molar-refractivity contribution in [1.82, 2.24) is 24.3 Å². The van der Waals surface area contributed by atoms with Crippen LogP contribution in [-0.2, 0) is 11.3 Å². The van der Waals surface area contributed by atoms with Crippen LogP contribution in [0.2, 0.25) is 5.02 Å². The Labute approximate surface area is 275 Å². The van der Waals surface area contributed by atoms with Crippen LogP contribution in [-0.4, -0.2) is 49.1 Å². The Kier molecular flexibility index (Phi) is 10.3. The van der Waals surface area contributed by atoms with E-state index in [0.717, 1.165) is 16.8 Å². The number of thioether (sulfide) groups is 1. The molecule has 0 saturated carbocycles. The number of halogens is 1. The number of hydrogen-bond acceptors (Lipinski definition) is 8. The Morgan fingerprint density at radius 3 is 2.46 bits per heavy atom. The van der Waals surface area contributed by atoms with E-state index in [-0.39, 0.29) is 42.2 Å². The van der Waals surface area contributed by atoms with Crippen molar-refractivity contribution in [2.45, 2.75) is 32.5 Å². The maximum Gasteiger partial charge on any atom is 0.330 e. The van der Waals surface area contributed by atoms with Gasteiger partial charge in [-0.3, -0.25) is 23.7 Å². The van der Waals surface area contributed by atoms with Crippen LogP contribution in [0.5, 0.6) is 5.75 Å². The second-order valence-electron chi connectivity index (χ2n) is 10.8. The first-order valence-electron chi connectivity index (χ1n) is 14.7. The molecule has 0 aliphatic rings. The summed E-state index contributed by atoms with van der Waals surface area (Å²) in [5.41, 5.74) is 7.33. The van der Waals surface area contributed by atoms with Crippen molar-refractivity contribution in [3.05, 3.63) is 110 Å². The zero-order chi connectivity index (χ0) is 32.8. The average molecular weight is 660 g/mol. The van der Waals surface area contributed by atoms with Crippen LogP contribution in [0.4, 0.5) is 11.5 Å². The van der Waals surface area contributed by atoms with Crippen LogP contribution in [0.3, 0.4) is 0 Å². The Balaban J connectivity index is 1.49. The summed E-state index contributed by atoms with van der Waals surface area (Å²) in [6.07, 6.45) is 0. The zero-order valence-electron chi connectivity index (χ0n) is 25.6. The number of benzene rings is 3. The average Bonchev–Trinajstić information content (AvgIpc) is 3.46. The van der Waals surface area contributed by atoms with E-state index in [1.54, 1.807) is 12.1 Å². The van der Waals surface area contributed by atoms with Crippen molar-refractivity contribution in [1.29, 1.82) is 0 Å². The van der Waals surface area contributed by atoms with Crippen LogP contribution in [0, 0.1) is 5.92 Å². The second-order valence-corrected chi connectivity index (χ2v) is 12.2. The van der Waals surface area contributed by atoms with Gasteiger partial charge >= 0.3 is 5.69 Å². The van der Waals surface area contributed by atoms with Gasteiger partial charge in [-0.05, 0) is 54.8 Å². The third-order valence-electron chi connectivity index (χ3n) is 6.96. The number of nitrogens with zero attached hydrogens (tertiary/aromatic N) is 5. The molecule has 46 heavy (non-hydrogen) atoms. The lowest BCUT2D eigenvalue weighted by Crippen LogP contribution is -2.43. The lowest BCUT2D eigenvalue weighted by Gasteiger charge is -2.26. The number of carbonyl (C=O) groups is 1. The van der Waals surface area contributed by atoms with E-state index in [4.69, 9.17) is 22.1 Å². The van der Waals surface area contributed by atoms with E-state index in [1.807, 2.05) is 92.1 Å². The molecule has 1 amide bonds. The molecule has 0 unspecified atom stereocenters. The fourth-order valence-electron chi connectivity index (χ4n) is 4.92. The lowest BCUT2D eigenvalue weighted by atomic mass is 10.2. The summed E-state index contributed by atoms with van der Waals surface area (Å²) in [6.45, 7) is 6.64. The minimum Gasteiger partial charge on any atom is -0.494 e. The second kappa shape index (κ2) is 14.5. The van der Waals surface area contributed by atoms with Gasteiger partial charge < -0.3 is 15.4 Å². The van der Waals surface area contributed by atoms with Gasteiger partial charge in [0, 0.05) is 22.8 Å². The van der Waals surface area contributed by atoms with E-state index in [2.05, 4.69) is 15.2 Å². The maximum absolute atomic E-state index is 13.9. The van der Waals surface area contributed by atoms with Crippen molar-refractivity contribution in [2.24, 2.45) is 5.92 Å². The molecule has 3 N–H and O–H groups in total. The summed E-state index contributed by atoms with van der Waals surface area (Å²) < 4.78 is 8.72. The van der Waals surface area contributed by atoms with E-state index in [1.165, 1.54) is 21.2 Å². The van der Waals surface area contributed by atoms with Crippen molar-refractivity contribution >= 4 is 40.8 Å². The number of nitrogens with two attached hydrogens (primary N) is 1. The van der Waals surface area contributed by atoms with Gasteiger partial charge in [0.25, 0.3) is 5.56 Å². The molecule has 0 aliphatic heterocycles. The quantitative estimate of drug-likeness (QED) is 0.173. The number of nitrogens with one attached hydrogen (secondary N) is 1. The number of anilines is 2.